The fourth-order valence-corrected chi connectivity index (χ4v) is 0. The van der Waals surface area contributed by atoms with Crippen LogP contribution in [0.3, 0.4) is 0 Å². The van der Waals surface area contributed by atoms with Crippen LogP contribution in [0.5, 0.6) is 0 Å². The molecule has 0 spiro atoms. The molecule has 0 rings (SSSR count). The average Bonchev–Trinajstić information content (AvgIpc) is 1.35. The van der Waals surface area contributed by atoms with Crippen LogP contribution in [0.4, 0.5) is 0 Å². The van der Waals surface area contributed by atoms with Gasteiger partial charge in [0.15, 0.2) is 0 Å². The summed E-state index contributed by atoms with van der Waals surface area (Å²) in [4.78, 5) is 0. The normalized spacial score (nSPS) is 10.0. The molecule has 0 aliphatic heterocycles. The van der Waals surface area contributed by atoms with E-state index in [1.165, 1.54) is 0 Å². The van der Waals surface area contributed by atoms with Gasteiger partial charge in [0.25, 0.3) is 0 Å². The fourth-order valence-electron chi connectivity index (χ4n) is 0. The molecule has 0 aromatic rings. The molecule has 0 unspecified atom stereocenters. The van der Waals surface area contributed by atoms with Gasteiger partial charge in [0.2, 0.25) is 0 Å². The molecule has 0 saturated carbocycles. The molecular weight excluding hydrogens is 211 g/mol. The zero-order valence-corrected chi connectivity index (χ0v) is 9.24. The van der Waals surface area contributed by atoms with E-state index in [2.05, 4.69) is 15.9 Å². The van der Waals surface area contributed by atoms with Crippen molar-refractivity contribution in [2.24, 2.45) is 0 Å². The largest absolute Gasteiger partial charge is 1.00 e. The predicted molar refractivity (Wildman–Crippen MR) is 23.5 cm³/mol. The van der Waals surface area contributed by atoms with Gasteiger partial charge < -0.3 is 4.55 Å². The summed E-state index contributed by atoms with van der Waals surface area (Å²) >= 11 is 2.47. The second kappa shape index (κ2) is 4.86. The molecular formula is CH2BrKO3S. The Balaban J connectivity index is 0. The molecule has 0 N–H and O–H groups in total. The Bertz CT molecular complexity index is 117. The molecule has 7 heavy (non-hydrogen) atoms. The summed E-state index contributed by atoms with van der Waals surface area (Å²) < 4.78 is 27.7. The Morgan fingerprint density at radius 3 is 1.71 bits per heavy atom. The SMILES string of the molecule is O=S(=O)([O-])CBr.[K+]. The first-order chi connectivity index (χ1) is 2.56. The smallest absolute Gasteiger partial charge is 0.747 e. The molecule has 0 saturated heterocycles. The van der Waals surface area contributed by atoms with Gasteiger partial charge in [-0.05, 0) is 0 Å². The molecule has 0 aliphatic carbocycles. The molecule has 0 heterocycles. The maximum atomic E-state index is 9.40. The Hall–Kier alpha value is 2.03. The zero-order valence-electron chi connectivity index (χ0n) is 3.72. The molecule has 0 atom stereocenters. The molecule has 0 amide bonds. The summed E-state index contributed by atoms with van der Waals surface area (Å²) in [5, 5.41) is 0. The van der Waals surface area contributed by atoms with Crippen LogP contribution in [0, 0.1) is 0 Å². The summed E-state index contributed by atoms with van der Waals surface area (Å²) in [7, 11) is -4.00. The zero-order chi connectivity index (χ0) is 5.21. The number of alkyl halides is 1. The fraction of sp³-hybridized carbons (Fsp3) is 1.00. The maximum absolute atomic E-state index is 9.40. The molecule has 0 radical (unpaired) electrons. The molecule has 38 valence electrons. The van der Waals surface area contributed by atoms with E-state index in [0.717, 1.165) is 0 Å². The van der Waals surface area contributed by atoms with Gasteiger partial charge in [-0.2, -0.15) is 0 Å². The van der Waals surface area contributed by atoms with Crippen LogP contribution in [0.2, 0.25) is 0 Å². The van der Waals surface area contributed by atoms with Gasteiger partial charge in [0.05, 0.1) is 4.66 Å². The van der Waals surface area contributed by atoms with Crippen molar-refractivity contribution in [3.8, 4) is 0 Å². The minimum Gasteiger partial charge on any atom is -0.747 e. The summed E-state index contributed by atoms with van der Waals surface area (Å²) in [6.07, 6.45) is 0. The van der Waals surface area contributed by atoms with Crippen LogP contribution in [-0.4, -0.2) is 17.6 Å². The second-order valence-electron chi connectivity index (χ2n) is 0.667. The standard InChI is InChI=1S/CH3BrO3S.K/c2-1-6(3,4)5;/h1H2,(H,3,4,5);/q;+1/p-1. The minimum absolute atomic E-state index is 0. The summed E-state index contributed by atoms with van der Waals surface area (Å²) in [5.41, 5.74) is 0. The van der Waals surface area contributed by atoms with Crippen molar-refractivity contribution >= 4 is 26.0 Å². The predicted octanol–water partition coefficient (Wildman–Crippen LogP) is -3.11. The van der Waals surface area contributed by atoms with Crippen molar-refractivity contribution in [1.82, 2.24) is 0 Å². The van der Waals surface area contributed by atoms with Gasteiger partial charge >= 0.3 is 51.4 Å². The van der Waals surface area contributed by atoms with Crippen molar-refractivity contribution in [1.29, 1.82) is 0 Å². The number of hydrogen-bond acceptors (Lipinski definition) is 3. The Labute approximate surface area is 93.2 Å². The van der Waals surface area contributed by atoms with Gasteiger partial charge in [0, 0.05) is 0 Å². The first-order valence-corrected chi connectivity index (χ1v) is 3.75. The summed E-state index contributed by atoms with van der Waals surface area (Å²) in [6, 6.07) is 0. The monoisotopic (exact) mass is 212 g/mol. The van der Waals surface area contributed by atoms with Crippen LogP contribution < -0.4 is 51.4 Å². The van der Waals surface area contributed by atoms with E-state index in [9.17, 15) is 13.0 Å². The molecule has 3 nitrogen and oxygen atoms in total. The molecule has 0 aliphatic rings. The molecule has 0 fully saturated rings. The third kappa shape index (κ3) is 11.5. The Morgan fingerprint density at radius 2 is 1.71 bits per heavy atom. The van der Waals surface area contributed by atoms with Gasteiger partial charge in [-0.15, -0.1) is 0 Å². The maximum Gasteiger partial charge on any atom is 1.00 e. The van der Waals surface area contributed by atoms with E-state index < -0.39 is 14.8 Å². The van der Waals surface area contributed by atoms with E-state index in [-0.39, 0.29) is 51.4 Å². The van der Waals surface area contributed by atoms with Crippen LogP contribution >= 0.6 is 15.9 Å². The van der Waals surface area contributed by atoms with Crippen molar-refractivity contribution < 1.29 is 64.4 Å². The third-order valence-electron chi connectivity index (χ3n) is 0.134. The van der Waals surface area contributed by atoms with E-state index in [1.807, 2.05) is 0 Å². The molecule has 0 bridgehead atoms. The van der Waals surface area contributed by atoms with Gasteiger partial charge in [-0.1, -0.05) is 15.9 Å². The van der Waals surface area contributed by atoms with E-state index >= 15 is 0 Å². The van der Waals surface area contributed by atoms with Crippen LogP contribution in [0.15, 0.2) is 0 Å². The van der Waals surface area contributed by atoms with E-state index in [0.29, 0.717) is 0 Å². The van der Waals surface area contributed by atoms with Gasteiger partial charge in [-0.25, -0.2) is 8.42 Å². The molecule has 0 aromatic carbocycles. The van der Waals surface area contributed by atoms with Crippen molar-refractivity contribution in [3.05, 3.63) is 0 Å². The van der Waals surface area contributed by atoms with Crippen molar-refractivity contribution in [3.63, 3.8) is 0 Å². The number of rotatable bonds is 1. The third-order valence-corrected chi connectivity index (χ3v) is 2.08. The van der Waals surface area contributed by atoms with Crippen LogP contribution in [0.1, 0.15) is 0 Å². The minimum atomic E-state index is -4.00. The topological polar surface area (TPSA) is 57.2 Å². The van der Waals surface area contributed by atoms with Crippen molar-refractivity contribution in [2.75, 3.05) is 4.66 Å². The van der Waals surface area contributed by atoms with Crippen LogP contribution in [0.25, 0.3) is 0 Å². The average molecular weight is 213 g/mol. The number of hydrogen-bond donors (Lipinski definition) is 0. The second-order valence-corrected chi connectivity index (χ2v) is 3.37. The van der Waals surface area contributed by atoms with Crippen LogP contribution in [-0.2, 0) is 10.1 Å². The molecule has 0 aromatic heterocycles. The Morgan fingerprint density at radius 1 is 1.57 bits per heavy atom. The Kier molecular flexibility index (Phi) is 8.18. The van der Waals surface area contributed by atoms with Gasteiger partial charge in [-0.3, -0.25) is 0 Å². The van der Waals surface area contributed by atoms with E-state index in [1.54, 1.807) is 0 Å². The molecule has 6 heteroatoms. The van der Waals surface area contributed by atoms with E-state index in [4.69, 9.17) is 0 Å². The van der Waals surface area contributed by atoms with Gasteiger partial charge in [0.1, 0.15) is 10.1 Å². The number of halogens is 1. The first-order valence-electron chi connectivity index (χ1n) is 1.06. The quantitative estimate of drug-likeness (QED) is 0.263. The summed E-state index contributed by atoms with van der Waals surface area (Å²) in [5.74, 6) is 0. The van der Waals surface area contributed by atoms with Crippen molar-refractivity contribution in [2.45, 2.75) is 0 Å². The first kappa shape index (κ1) is 11.8. The summed E-state index contributed by atoms with van der Waals surface area (Å²) in [6.45, 7) is 0.